The summed E-state index contributed by atoms with van der Waals surface area (Å²) in [5.41, 5.74) is 5.58. The van der Waals surface area contributed by atoms with Crippen molar-refractivity contribution in [2.24, 2.45) is 0 Å². The molecule has 4 rings (SSSR count). The average molecular weight is 384 g/mol. The van der Waals surface area contributed by atoms with Crippen molar-refractivity contribution in [1.82, 2.24) is 9.88 Å². The molecule has 0 spiro atoms. The number of benzene rings is 3. The second kappa shape index (κ2) is 7.92. The van der Waals surface area contributed by atoms with Crippen LogP contribution in [0, 0.1) is 6.92 Å². The van der Waals surface area contributed by atoms with Crippen molar-refractivity contribution in [2.75, 3.05) is 0 Å². The summed E-state index contributed by atoms with van der Waals surface area (Å²) in [5, 5.41) is 0. The summed E-state index contributed by atoms with van der Waals surface area (Å²) >= 11 is 0. The Hall–Kier alpha value is -3.40. The van der Waals surface area contributed by atoms with Gasteiger partial charge >= 0.3 is 0 Å². The Kier molecular flexibility index (Phi) is 5.17. The van der Waals surface area contributed by atoms with Gasteiger partial charge in [-0.2, -0.15) is 0 Å². The molecule has 146 valence electrons. The number of hydrogen-bond acceptors (Lipinski definition) is 3. The molecule has 0 aliphatic carbocycles. The molecule has 0 unspecified atom stereocenters. The van der Waals surface area contributed by atoms with Gasteiger partial charge in [0.05, 0.1) is 6.54 Å². The van der Waals surface area contributed by atoms with Gasteiger partial charge in [-0.15, -0.1) is 0 Å². The third kappa shape index (κ3) is 4.06. The zero-order valence-corrected chi connectivity index (χ0v) is 16.9. The summed E-state index contributed by atoms with van der Waals surface area (Å²) in [6.07, 6.45) is 0. The lowest BCUT2D eigenvalue weighted by atomic mass is 10.0. The van der Waals surface area contributed by atoms with Crippen LogP contribution < -0.4 is 0 Å². The molecule has 4 nitrogen and oxygen atoms in total. The minimum atomic E-state index is -0.0296. The van der Waals surface area contributed by atoms with E-state index < -0.39 is 0 Å². The van der Waals surface area contributed by atoms with Gasteiger partial charge in [-0.1, -0.05) is 48.5 Å². The van der Waals surface area contributed by atoms with E-state index in [1.165, 1.54) is 0 Å². The summed E-state index contributed by atoms with van der Waals surface area (Å²) in [6, 6.07) is 23.8. The Morgan fingerprint density at radius 3 is 2.34 bits per heavy atom. The SMILES string of the molecule is Cc1ccc2oc(CN(C(=O)c3ccc(-c4ccccc4)cc3)C(C)C)nc2c1. The van der Waals surface area contributed by atoms with E-state index in [1.807, 2.05) is 81.4 Å². The highest BCUT2D eigenvalue weighted by Crippen LogP contribution is 2.22. The van der Waals surface area contributed by atoms with Crippen molar-refractivity contribution < 1.29 is 9.21 Å². The van der Waals surface area contributed by atoms with E-state index in [1.54, 1.807) is 4.90 Å². The molecule has 0 bridgehead atoms. The molecule has 4 heteroatoms. The summed E-state index contributed by atoms with van der Waals surface area (Å²) in [5.74, 6) is 0.520. The van der Waals surface area contributed by atoms with Crippen molar-refractivity contribution in [1.29, 1.82) is 0 Å². The number of carbonyl (C=O) groups excluding carboxylic acids is 1. The third-order valence-electron chi connectivity index (χ3n) is 5.02. The summed E-state index contributed by atoms with van der Waals surface area (Å²) in [6.45, 7) is 6.37. The van der Waals surface area contributed by atoms with Crippen molar-refractivity contribution in [3.8, 4) is 11.1 Å². The first kappa shape index (κ1) is 18.9. The fourth-order valence-corrected chi connectivity index (χ4v) is 3.39. The Morgan fingerprint density at radius 2 is 1.66 bits per heavy atom. The zero-order chi connectivity index (χ0) is 20.4. The number of fused-ring (bicyclic) bond motifs is 1. The molecule has 29 heavy (non-hydrogen) atoms. The first-order valence-corrected chi connectivity index (χ1v) is 9.84. The number of oxazole rings is 1. The van der Waals surface area contributed by atoms with Crippen LogP contribution in [-0.2, 0) is 6.54 Å². The van der Waals surface area contributed by atoms with Crippen molar-refractivity contribution in [3.05, 3.63) is 89.8 Å². The summed E-state index contributed by atoms with van der Waals surface area (Å²) < 4.78 is 5.86. The van der Waals surface area contributed by atoms with Gasteiger partial charge in [0.1, 0.15) is 5.52 Å². The Bertz CT molecular complexity index is 1130. The summed E-state index contributed by atoms with van der Waals surface area (Å²) in [7, 11) is 0. The van der Waals surface area contributed by atoms with Crippen LogP contribution in [0.2, 0.25) is 0 Å². The Balaban J connectivity index is 1.56. The van der Waals surface area contributed by atoms with E-state index in [0.29, 0.717) is 18.0 Å². The van der Waals surface area contributed by atoms with E-state index in [-0.39, 0.29) is 11.9 Å². The minimum absolute atomic E-state index is 0.0213. The molecule has 1 aromatic heterocycles. The lowest BCUT2D eigenvalue weighted by Crippen LogP contribution is -2.36. The molecule has 1 amide bonds. The van der Waals surface area contributed by atoms with Crippen LogP contribution in [0.1, 0.15) is 35.7 Å². The van der Waals surface area contributed by atoms with E-state index in [0.717, 1.165) is 27.8 Å². The number of rotatable bonds is 5. The molecule has 3 aromatic carbocycles. The summed E-state index contributed by atoms with van der Waals surface area (Å²) in [4.78, 5) is 19.5. The highest BCUT2D eigenvalue weighted by Gasteiger charge is 2.21. The number of carbonyl (C=O) groups is 1. The lowest BCUT2D eigenvalue weighted by molar-refractivity contribution is 0.0673. The molecule has 0 radical (unpaired) electrons. The number of amides is 1. The van der Waals surface area contributed by atoms with Crippen LogP contribution in [0.5, 0.6) is 0 Å². The monoisotopic (exact) mass is 384 g/mol. The maximum atomic E-state index is 13.2. The van der Waals surface area contributed by atoms with Crippen molar-refractivity contribution >= 4 is 17.0 Å². The smallest absolute Gasteiger partial charge is 0.254 e. The maximum Gasteiger partial charge on any atom is 0.254 e. The average Bonchev–Trinajstić information content (AvgIpc) is 3.14. The van der Waals surface area contributed by atoms with Crippen LogP contribution in [0.3, 0.4) is 0 Å². The maximum absolute atomic E-state index is 13.2. The van der Waals surface area contributed by atoms with Crippen LogP contribution in [0.15, 0.2) is 77.2 Å². The molecule has 0 aliphatic heterocycles. The van der Waals surface area contributed by atoms with Gasteiger partial charge in [-0.3, -0.25) is 4.79 Å². The number of aromatic nitrogens is 1. The number of hydrogen-bond donors (Lipinski definition) is 0. The first-order valence-electron chi connectivity index (χ1n) is 9.84. The Labute approximate surface area is 170 Å². The van der Waals surface area contributed by atoms with E-state index >= 15 is 0 Å². The van der Waals surface area contributed by atoms with E-state index in [9.17, 15) is 4.79 Å². The Morgan fingerprint density at radius 1 is 0.966 bits per heavy atom. The van der Waals surface area contributed by atoms with Gasteiger partial charge in [-0.25, -0.2) is 4.98 Å². The number of nitrogens with zero attached hydrogens (tertiary/aromatic N) is 2. The predicted molar refractivity (Wildman–Crippen MR) is 116 cm³/mol. The quantitative estimate of drug-likeness (QED) is 0.433. The third-order valence-corrected chi connectivity index (χ3v) is 5.02. The molecule has 0 fully saturated rings. The van der Waals surface area contributed by atoms with Crippen LogP contribution >= 0.6 is 0 Å². The molecule has 0 saturated carbocycles. The van der Waals surface area contributed by atoms with Crippen LogP contribution in [0.25, 0.3) is 22.2 Å². The lowest BCUT2D eigenvalue weighted by Gasteiger charge is -2.25. The van der Waals surface area contributed by atoms with Crippen LogP contribution in [-0.4, -0.2) is 21.8 Å². The molecule has 0 N–H and O–H groups in total. The molecule has 4 aromatic rings. The van der Waals surface area contributed by atoms with Gasteiger partial charge in [-0.05, 0) is 61.7 Å². The van der Waals surface area contributed by atoms with Crippen molar-refractivity contribution in [3.63, 3.8) is 0 Å². The highest BCUT2D eigenvalue weighted by atomic mass is 16.3. The molecule has 0 atom stereocenters. The van der Waals surface area contributed by atoms with Crippen LogP contribution in [0.4, 0.5) is 0 Å². The normalized spacial score (nSPS) is 11.2. The van der Waals surface area contributed by atoms with E-state index in [2.05, 4.69) is 17.1 Å². The van der Waals surface area contributed by atoms with Gasteiger partial charge in [0, 0.05) is 11.6 Å². The molecular formula is C25H24N2O2. The second-order valence-corrected chi connectivity index (χ2v) is 7.55. The molecule has 1 heterocycles. The molecular weight excluding hydrogens is 360 g/mol. The predicted octanol–water partition coefficient (Wildman–Crippen LogP) is 5.85. The van der Waals surface area contributed by atoms with E-state index in [4.69, 9.17) is 4.42 Å². The molecule has 0 aliphatic rings. The minimum Gasteiger partial charge on any atom is -0.439 e. The van der Waals surface area contributed by atoms with Gasteiger partial charge in [0.2, 0.25) is 5.89 Å². The van der Waals surface area contributed by atoms with Crippen molar-refractivity contribution in [2.45, 2.75) is 33.4 Å². The highest BCUT2D eigenvalue weighted by molar-refractivity contribution is 5.95. The zero-order valence-electron chi connectivity index (χ0n) is 16.9. The van der Waals surface area contributed by atoms with Gasteiger partial charge in [0.25, 0.3) is 5.91 Å². The topological polar surface area (TPSA) is 46.3 Å². The fourth-order valence-electron chi connectivity index (χ4n) is 3.39. The molecule has 0 saturated heterocycles. The number of aryl methyl sites for hydroxylation is 1. The van der Waals surface area contributed by atoms with Gasteiger partial charge in [0.15, 0.2) is 5.58 Å². The second-order valence-electron chi connectivity index (χ2n) is 7.55. The first-order chi connectivity index (χ1) is 14.0. The standard InChI is InChI=1S/C25H24N2O2/c1-17(2)27(16-24-26-22-15-18(3)9-14-23(22)29-24)25(28)21-12-10-20(11-13-21)19-7-5-4-6-8-19/h4-15,17H,16H2,1-3H3. The fraction of sp³-hybridized carbons (Fsp3) is 0.200. The van der Waals surface area contributed by atoms with Gasteiger partial charge < -0.3 is 9.32 Å². The largest absolute Gasteiger partial charge is 0.439 e.